The van der Waals surface area contributed by atoms with E-state index in [4.69, 9.17) is 13.9 Å². The molecule has 128 valence electrons. The Bertz CT molecular complexity index is 634. The summed E-state index contributed by atoms with van der Waals surface area (Å²) in [5.41, 5.74) is 0.811. The van der Waals surface area contributed by atoms with Gasteiger partial charge in [-0.15, -0.1) is 0 Å². The highest BCUT2D eigenvalue weighted by molar-refractivity contribution is 5.44. The van der Waals surface area contributed by atoms with Gasteiger partial charge in [0.1, 0.15) is 11.4 Å². The standard InChI is InChI=1S/C18H23N3O3/c1-3-16(11-19-5-1)21-7-9-22-15-18(14-21)13-20(6-10-24-18)12-17-4-2-8-23-17/h1-5,8,11H,6-7,9-10,12-15H2/t18-/m1/s1. The van der Waals surface area contributed by atoms with Crippen molar-refractivity contribution in [1.29, 1.82) is 0 Å². The summed E-state index contributed by atoms with van der Waals surface area (Å²) in [6.45, 7) is 6.27. The van der Waals surface area contributed by atoms with E-state index in [1.165, 1.54) is 0 Å². The minimum Gasteiger partial charge on any atom is -0.468 e. The number of anilines is 1. The molecule has 0 aromatic carbocycles. The second-order valence-electron chi connectivity index (χ2n) is 6.51. The molecule has 2 aromatic heterocycles. The minimum absolute atomic E-state index is 0.308. The summed E-state index contributed by atoms with van der Waals surface area (Å²) in [5, 5.41) is 0. The van der Waals surface area contributed by atoms with Crippen LogP contribution >= 0.6 is 0 Å². The number of pyridine rings is 1. The highest BCUT2D eigenvalue weighted by Crippen LogP contribution is 2.26. The van der Waals surface area contributed by atoms with Crippen molar-refractivity contribution in [3.05, 3.63) is 48.7 Å². The highest BCUT2D eigenvalue weighted by Gasteiger charge is 2.40. The van der Waals surface area contributed by atoms with Gasteiger partial charge in [0.15, 0.2) is 0 Å². The van der Waals surface area contributed by atoms with Gasteiger partial charge < -0.3 is 18.8 Å². The van der Waals surface area contributed by atoms with Crippen molar-refractivity contribution in [2.75, 3.05) is 50.9 Å². The van der Waals surface area contributed by atoms with Crippen LogP contribution in [0.1, 0.15) is 5.76 Å². The Morgan fingerprint density at radius 2 is 2.12 bits per heavy atom. The first kappa shape index (κ1) is 15.6. The molecule has 2 aromatic rings. The topological polar surface area (TPSA) is 51.0 Å². The maximum Gasteiger partial charge on any atom is 0.121 e. The van der Waals surface area contributed by atoms with Crippen molar-refractivity contribution in [2.45, 2.75) is 12.1 Å². The molecule has 2 fully saturated rings. The number of aromatic nitrogens is 1. The van der Waals surface area contributed by atoms with Gasteiger partial charge in [0, 0.05) is 25.8 Å². The summed E-state index contributed by atoms with van der Waals surface area (Å²) in [4.78, 5) is 8.95. The zero-order valence-electron chi connectivity index (χ0n) is 13.8. The van der Waals surface area contributed by atoms with E-state index in [1.54, 1.807) is 12.5 Å². The summed E-state index contributed by atoms with van der Waals surface area (Å²) in [5.74, 6) is 0.991. The fourth-order valence-corrected chi connectivity index (χ4v) is 3.53. The van der Waals surface area contributed by atoms with Crippen LogP contribution in [0.4, 0.5) is 5.69 Å². The molecule has 2 aliphatic heterocycles. The first-order valence-electron chi connectivity index (χ1n) is 8.44. The molecule has 2 saturated heterocycles. The molecule has 1 spiro atoms. The van der Waals surface area contributed by atoms with Gasteiger partial charge in [0.25, 0.3) is 0 Å². The molecule has 4 rings (SSSR count). The third-order valence-electron chi connectivity index (χ3n) is 4.65. The fraction of sp³-hybridized carbons (Fsp3) is 0.500. The van der Waals surface area contributed by atoms with E-state index in [-0.39, 0.29) is 5.60 Å². The molecule has 0 radical (unpaired) electrons. The molecule has 24 heavy (non-hydrogen) atoms. The SMILES string of the molecule is c1cncc(N2CCOC[C@@]3(CN(Cc4ccco4)CCO3)C2)c1. The zero-order chi connectivity index (χ0) is 16.2. The van der Waals surface area contributed by atoms with Crippen LogP contribution in [-0.4, -0.2) is 61.5 Å². The normalized spacial score (nSPS) is 25.8. The summed E-state index contributed by atoms with van der Waals surface area (Å²) >= 11 is 0. The summed E-state index contributed by atoms with van der Waals surface area (Å²) in [6.07, 6.45) is 5.43. The van der Waals surface area contributed by atoms with Crippen molar-refractivity contribution in [2.24, 2.45) is 0 Å². The van der Waals surface area contributed by atoms with Crippen LogP contribution in [0.25, 0.3) is 0 Å². The zero-order valence-corrected chi connectivity index (χ0v) is 13.8. The number of hydrogen-bond acceptors (Lipinski definition) is 6. The van der Waals surface area contributed by atoms with Crippen molar-refractivity contribution in [3.8, 4) is 0 Å². The molecule has 0 saturated carbocycles. The molecule has 4 heterocycles. The first-order chi connectivity index (χ1) is 11.8. The highest BCUT2D eigenvalue weighted by atomic mass is 16.5. The average Bonchev–Trinajstić information content (AvgIpc) is 3.03. The number of nitrogens with zero attached hydrogens (tertiary/aromatic N) is 3. The molecule has 6 heteroatoms. The molecule has 0 N–H and O–H groups in total. The number of hydrogen-bond donors (Lipinski definition) is 0. The van der Waals surface area contributed by atoms with Crippen LogP contribution < -0.4 is 4.90 Å². The fourth-order valence-electron chi connectivity index (χ4n) is 3.53. The molecule has 0 bridgehead atoms. The van der Waals surface area contributed by atoms with Crippen LogP contribution in [-0.2, 0) is 16.0 Å². The number of ether oxygens (including phenoxy) is 2. The summed E-state index contributed by atoms with van der Waals surface area (Å²) < 4.78 is 17.6. The van der Waals surface area contributed by atoms with Gasteiger partial charge in [-0.25, -0.2) is 0 Å². The van der Waals surface area contributed by atoms with E-state index < -0.39 is 0 Å². The van der Waals surface area contributed by atoms with E-state index in [2.05, 4.69) is 20.9 Å². The van der Waals surface area contributed by atoms with Gasteiger partial charge in [-0.05, 0) is 24.3 Å². The Morgan fingerprint density at radius 3 is 2.96 bits per heavy atom. The van der Waals surface area contributed by atoms with Gasteiger partial charge in [-0.3, -0.25) is 9.88 Å². The van der Waals surface area contributed by atoms with E-state index in [1.807, 2.05) is 24.4 Å². The van der Waals surface area contributed by atoms with Crippen LogP contribution in [0.15, 0.2) is 47.3 Å². The van der Waals surface area contributed by atoms with E-state index in [0.29, 0.717) is 19.8 Å². The number of furan rings is 1. The molecule has 6 nitrogen and oxygen atoms in total. The lowest BCUT2D eigenvalue weighted by Gasteiger charge is -2.43. The Hall–Kier alpha value is -1.89. The molecule has 0 aliphatic carbocycles. The lowest BCUT2D eigenvalue weighted by atomic mass is 10.0. The Kier molecular flexibility index (Phi) is 4.51. The maximum atomic E-state index is 6.23. The quantitative estimate of drug-likeness (QED) is 0.856. The van der Waals surface area contributed by atoms with E-state index in [9.17, 15) is 0 Å². The van der Waals surface area contributed by atoms with Crippen LogP contribution in [0, 0.1) is 0 Å². The van der Waals surface area contributed by atoms with Gasteiger partial charge >= 0.3 is 0 Å². The molecule has 0 amide bonds. The van der Waals surface area contributed by atoms with Crippen LogP contribution in [0.2, 0.25) is 0 Å². The first-order valence-corrected chi connectivity index (χ1v) is 8.44. The summed E-state index contributed by atoms with van der Waals surface area (Å²) in [6, 6.07) is 8.02. The predicted octanol–water partition coefficient (Wildman–Crippen LogP) is 1.78. The Labute approximate surface area is 142 Å². The molecule has 0 unspecified atom stereocenters. The van der Waals surface area contributed by atoms with Crippen molar-refractivity contribution in [3.63, 3.8) is 0 Å². The monoisotopic (exact) mass is 329 g/mol. The van der Waals surface area contributed by atoms with Crippen LogP contribution in [0.5, 0.6) is 0 Å². The molecule has 1 atom stereocenters. The lowest BCUT2D eigenvalue weighted by Crippen LogP contribution is -2.58. The minimum atomic E-state index is -0.308. The Morgan fingerprint density at radius 1 is 1.12 bits per heavy atom. The summed E-state index contributed by atoms with van der Waals surface area (Å²) in [7, 11) is 0. The van der Waals surface area contributed by atoms with Crippen molar-refractivity contribution < 1.29 is 13.9 Å². The smallest absolute Gasteiger partial charge is 0.121 e. The van der Waals surface area contributed by atoms with Gasteiger partial charge in [0.05, 0.1) is 51.1 Å². The number of rotatable bonds is 3. The number of morpholine rings is 1. The predicted molar refractivity (Wildman–Crippen MR) is 89.9 cm³/mol. The van der Waals surface area contributed by atoms with E-state index >= 15 is 0 Å². The van der Waals surface area contributed by atoms with Gasteiger partial charge in [0.2, 0.25) is 0 Å². The maximum absolute atomic E-state index is 6.23. The van der Waals surface area contributed by atoms with Crippen LogP contribution in [0.3, 0.4) is 0 Å². The largest absolute Gasteiger partial charge is 0.468 e. The second kappa shape index (κ2) is 6.93. The van der Waals surface area contributed by atoms with Gasteiger partial charge in [-0.1, -0.05) is 0 Å². The van der Waals surface area contributed by atoms with E-state index in [0.717, 1.165) is 44.2 Å². The molecule has 2 aliphatic rings. The molecular formula is C18H23N3O3. The third kappa shape index (κ3) is 3.45. The van der Waals surface area contributed by atoms with Crippen molar-refractivity contribution >= 4 is 5.69 Å². The molecular weight excluding hydrogens is 306 g/mol. The van der Waals surface area contributed by atoms with Gasteiger partial charge in [-0.2, -0.15) is 0 Å². The Balaban J connectivity index is 1.49. The third-order valence-corrected chi connectivity index (χ3v) is 4.65. The average molecular weight is 329 g/mol. The van der Waals surface area contributed by atoms with Crippen molar-refractivity contribution in [1.82, 2.24) is 9.88 Å². The second-order valence-corrected chi connectivity index (χ2v) is 6.51. The lowest BCUT2D eigenvalue weighted by molar-refractivity contribution is -0.134.